The lowest BCUT2D eigenvalue weighted by Gasteiger charge is -2.06. The van der Waals surface area contributed by atoms with Crippen molar-refractivity contribution < 1.29 is 17.9 Å². The molecule has 1 heterocycles. The highest BCUT2D eigenvalue weighted by molar-refractivity contribution is 7.93. The van der Waals surface area contributed by atoms with E-state index in [1.54, 1.807) is 12.3 Å². The number of aryl methyl sites for hydroxylation is 1. The fourth-order valence-corrected chi connectivity index (χ4v) is 3.47. The molecule has 0 aliphatic rings. The number of ether oxygens (including phenoxy) is 1. The van der Waals surface area contributed by atoms with Gasteiger partial charge < -0.3 is 4.74 Å². The molecule has 0 aliphatic carbocycles. The first-order valence-corrected chi connectivity index (χ1v) is 7.92. The van der Waals surface area contributed by atoms with Gasteiger partial charge in [0.25, 0.3) is 10.0 Å². The van der Waals surface area contributed by atoms with Crippen LogP contribution in [0.2, 0.25) is 0 Å². The van der Waals surface area contributed by atoms with Crippen molar-refractivity contribution in [3.8, 4) is 0 Å². The monoisotopic (exact) mass is 312 g/mol. The van der Waals surface area contributed by atoms with Crippen molar-refractivity contribution in [1.29, 1.82) is 0 Å². The number of esters is 1. The first-order valence-electron chi connectivity index (χ1n) is 5.56. The molecule has 0 atom stereocenters. The van der Waals surface area contributed by atoms with Crippen molar-refractivity contribution in [2.24, 2.45) is 0 Å². The van der Waals surface area contributed by atoms with Gasteiger partial charge in [-0.15, -0.1) is 11.3 Å². The van der Waals surface area contributed by atoms with E-state index in [-0.39, 0.29) is 15.6 Å². The average molecular weight is 312 g/mol. The molecule has 0 aliphatic heterocycles. The van der Waals surface area contributed by atoms with Crippen LogP contribution < -0.4 is 4.72 Å². The zero-order valence-electron chi connectivity index (χ0n) is 10.8. The van der Waals surface area contributed by atoms with Crippen LogP contribution in [-0.2, 0) is 14.8 Å². The lowest BCUT2D eigenvalue weighted by molar-refractivity contribution is 0.0600. The molecule has 0 amide bonds. The van der Waals surface area contributed by atoms with Crippen LogP contribution in [0, 0.1) is 6.92 Å². The Balaban J connectivity index is 2.32. The summed E-state index contributed by atoms with van der Waals surface area (Å²) in [7, 11) is -2.54. The van der Waals surface area contributed by atoms with E-state index in [0.717, 1.165) is 5.69 Å². The van der Waals surface area contributed by atoms with Crippen LogP contribution in [0.3, 0.4) is 0 Å². The molecule has 0 unspecified atom stereocenters. The molecule has 106 valence electrons. The molecule has 2 aromatic rings. The molecule has 0 fully saturated rings. The minimum Gasteiger partial charge on any atom is -0.465 e. The number of hydrogen-bond acceptors (Lipinski definition) is 6. The van der Waals surface area contributed by atoms with E-state index in [0.29, 0.717) is 0 Å². The van der Waals surface area contributed by atoms with Gasteiger partial charge in [0.2, 0.25) is 0 Å². The molecule has 0 bridgehead atoms. The van der Waals surface area contributed by atoms with Gasteiger partial charge in [-0.25, -0.2) is 18.2 Å². The fourth-order valence-electron chi connectivity index (χ4n) is 1.48. The van der Waals surface area contributed by atoms with Crippen molar-refractivity contribution in [1.82, 2.24) is 4.98 Å². The summed E-state index contributed by atoms with van der Waals surface area (Å²) in [6.45, 7) is 1.77. The number of carbonyl (C=O) groups excluding carboxylic acids is 1. The third-order valence-electron chi connectivity index (χ3n) is 2.41. The quantitative estimate of drug-likeness (QED) is 0.873. The van der Waals surface area contributed by atoms with Crippen molar-refractivity contribution in [3.63, 3.8) is 0 Å². The summed E-state index contributed by atoms with van der Waals surface area (Å²) in [4.78, 5) is 15.4. The molecule has 6 nitrogen and oxygen atoms in total. The molecule has 1 aromatic carbocycles. The minimum atomic E-state index is -3.77. The summed E-state index contributed by atoms with van der Waals surface area (Å²) in [5.74, 6) is -0.591. The maximum atomic E-state index is 12.2. The van der Waals surface area contributed by atoms with Gasteiger partial charge in [-0.3, -0.25) is 4.72 Å². The topological polar surface area (TPSA) is 85.4 Å². The Morgan fingerprint density at radius 3 is 2.75 bits per heavy atom. The number of rotatable bonds is 4. The van der Waals surface area contributed by atoms with Gasteiger partial charge in [-0.05, 0) is 25.1 Å². The van der Waals surface area contributed by atoms with E-state index >= 15 is 0 Å². The average Bonchev–Trinajstić information content (AvgIpc) is 2.82. The predicted molar refractivity (Wildman–Crippen MR) is 75.4 cm³/mol. The Morgan fingerprint density at radius 1 is 1.40 bits per heavy atom. The van der Waals surface area contributed by atoms with Crippen LogP contribution in [0.4, 0.5) is 5.13 Å². The molecule has 20 heavy (non-hydrogen) atoms. The first kappa shape index (κ1) is 14.5. The smallest absolute Gasteiger partial charge is 0.337 e. The standard InChI is InChI=1S/C12H12N2O4S2/c1-8-7-19-12(13-8)14-20(16,17)10-5-3-4-9(6-10)11(15)18-2/h3-7H,1-2H3,(H,13,14). The largest absolute Gasteiger partial charge is 0.465 e. The zero-order chi connectivity index (χ0) is 14.8. The number of aromatic nitrogens is 1. The van der Waals surface area contributed by atoms with Crippen LogP contribution in [-0.4, -0.2) is 26.5 Å². The van der Waals surface area contributed by atoms with Gasteiger partial charge in [0.15, 0.2) is 5.13 Å². The second-order valence-corrected chi connectivity index (χ2v) is 6.46. The molecular formula is C12H12N2O4S2. The fraction of sp³-hybridized carbons (Fsp3) is 0.167. The van der Waals surface area contributed by atoms with E-state index in [1.165, 1.54) is 42.7 Å². The summed E-state index contributed by atoms with van der Waals surface area (Å²) in [6.07, 6.45) is 0. The zero-order valence-corrected chi connectivity index (χ0v) is 12.4. The number of nitrogens with one attached hydrogen (secondary N) is 1. The van der Waals surface area contributed by atoms with Gasteiger partial charge in [-0.1, -0.05) is 6.07 Å². The molecule has 0 spiro atoms. The van der Waals surface area contributed by atoms with E-state index in [2.05, 4.69) is 14.4 Å². The van der Waals surface area contributed by atoms with Crippen LogP contribution in [0.5, 0.6) is 0 Å². The predicted octanol–water partition coefficient (Wildman–Crippen LogP) is 2.04. The number of benzene rings is 1. The maximum Gasteiger partial charge on any atom is 0.337 e. The van der Waals surface area contributed by atoms with Crippen molar-refractivity contribution >= 4 is 32.5 Å². The van der Waals surface area contributed by atoms with E-state index in [9.17, 15) is 13.2 Å². The van der Waals surface area contributed by atoms with Gasteiger partial charge >= 0.3 is 5.97 Å². The van der Waals surface area contributed by atoms with Crippen LogP contribution >= 0.6 is 11.3 Å². The minimum absolute atomic E-state index is 0.0201. The number of thiazole rings is 1. The second-order valence-electron chi connectivity index (χ2n) is 3.92. The highest BCUT2D eigenvalue weighted by Gasteiger charge is 2.18. The number of methoxy groups -OCH3 is 1. The second kappa shape index (κ2) is 5.59. The lowest BCUT2D eigenvalue weighted by atomic mass is 10.2. The third-order valence-corrected chi connectivity index (χ3v) is 4.75. The maximum absolute atomic E-state index is 12.2. The van der Waals surface area contributed by atoms with Crippen LogP contribution in [0.1, 0.15) is 16.1 Å². The SMILES string of the molecule is COC(=O)c1cccc(S(=O)(=O)Nc2nc(C)cs2)c1. The number of sulfonamides is 1. The number of hydrogen-bond donors (Lipinski definition) is 1. The Morgan fingerprint density at radius 2 is 2.15 bits per heavy atom. The van der Waals surface area contributed by atoms with E-state index < -0.39 is 16.0 Å². The number of nitrogens with zero attached hydrogens (tertiary/aromatic N) is 1. The van der Waals surface area contributed by atoms with Crippen LogP contribution in [0.15, 0.2) is 34.5 Å². The molecule has 2 rings (SSSR count). The first-order chi connectivity index (χ1) is 9.42. The molecule has 0 saturated heterocycles. The highest BCUT2D eigenvalue weighted by Crippen LogP contribution is 2.20. The normalized spacial score (nSPS) is 11.1. The van der Waals surface area contributed by atoms with Gasteiger partial charge in [-0.2, -0.15) is 0 Å². The molecule has 1 N–H and O–H groups in total. The Hall–Kier alpha value is -1.93. The van der Waals surface area contributed by atoms with E-state index in [1.807, 2.05) is 0 Å². The number of carbonyl (C=O) groups is 1. The van der Waals surface area contributed by atoms with Gasteiger partial charge in [0.05, 0.1) is 23.3 Å². The molecule has 1 aromatic heterocycles. The summed E-state index contributed by atoms with van der Waals surface area (Å²) < 4.78 is 31.3. The van der Waals surface area contributed by atoms with Crippen LogP contribution in [0.25, 0.3) is 0 Å². The molecule has 8 heteroatoms. The van der Waals surface area contributed by atoms with Gasteiger partial charge in [0.1, 0.15) is 0 Å². The third kappa shape index (κ3) is 3.14. The number of anilines is 1. The van der Waals surface area contributed by atoms with Gasteiger partial charge in [0, 0.05) is 5.38 Å². The summed E-state index contributed by atoms with van der Waals surface area (Å²) in [5.41, 5.74) is 0.904. The Kier molecular flexibility index (Phi) is 4.05. The summed E-state index contributed by atoms with van der Waals surface area (Å²) in [6, 6.07) is 5.62. The molecular weight excluding hydrogens is 300 g/mol. The van der Waals surface area contributed by atoms with Crippen molar-refractivity contribution in [2.45, 2.75) is 11.8 Å². The highest BCUT2D eigenvalue weighted by atomic mass is 32.2. The molecule has 0 radical (unpaired) electrons. The molecule has 0 saturated carbocycles. The Labute approximate surface area is 120 Å². The lowest BCUT2D eigenvalue weighted by Crippen LogP contribution is -2.13. The van der Waals surface area contributed by atoms with Crippen molar-refractivity contribution in [3.05, 3.63) is 40.9 Å². The summed E-state index contributed by atoms with van der Waals surface area (Å²) in [5, 5.41) is 2.02. The van der Waals surface area contributed by atoms with Crippen molar-refractivity contribution in [2.75, 3.05) is 11.8 Å². The summed E-state index contributed by atoms with van der Waals surface area (Å²) >= 11 is 1.19. The van der Waals surface area contributed by atoms with E-state index in [4.69, 9.17) is 0 Å². The Bertz CT molecular complexity index is 737.